The lowest BCUT2D eigenvalue weighted by Crippen LogP contribution is -2.54. The summed E-state index contributed by atoms with van der Waals surface area (Å²) in [5.41, 5.74) is 2.27. The molecule has 0 saturated carbocycles. The molecule has 2 aliphatic heterocycles. The van der Waals surface area contributed by atoms with Crippen LogP contribution in [0.15, 0.2) is 71.5 Å². The fourth-order valence-corrected chi connectivity index (χ4v) is 6.28. The molecule has 2 aliphatic rings. The van der Waals surface area contributed by atoms with E-state index < -0.39 is 11.8 Å². The number of ether oxygens (including phenoxy) is 1. The number of anilines is 1. The summed E-state index contributed by atoms with van der Waals surface area (Å²) in [6.07, 6.45) is 5.17. The number of carbonyl (C=O) groups is 1. The number of hydrogen-bond acceptors (Lipinski definition) is 9. The number of rotatable bonds is 9. The van der Waals surface area contributed by atoms with Crippen molar-refractivity contribution in [1.29, 1.82) is 5.26 Å². The van der Waals surface area contributed by atoms with Crippen molar-refractivity contribution >= 4 is 22.8 Å². The molecule has 7 rings (SSSR count). The molecule has 2 bridgehead atoms. The van der Waals surface area contributed by atoms with Crippen LogP contribution >= 0.6 is 0 Å². The molecular weight excluding hydrogens is 565 g/mol. The number of piperazine rings is 1. The summed E-state index contributed by atoms with van der Waals surface area (Å²) in [5.74, 6) is 1.10. The Morgan fingerprint density at radius 2 is 1.93 bits per heavy atom. The molecule has 0 amide bonds. The van der Waals surface area contributed by atoms with E-state index in [2.05, 4.69) is 14.8 Å². The average molecular weight is 594 g/mol. The van der Waals surface area contributed by atoms with Gasteiger partial charge in [0.15, 0.2) is 0 Å². The van der Waals surface area contributed by atoms with Gasteiger partial charge in [-0.2, -0.15) is 10.2 Å². The fraction of sp³-hybridized carbons (Fsp3) is 0.281. The van der Waals surface area contributed by atoms with Crippen molar-refractivity contribution in [2.75, 3.05) is 18.0 Å². The summed E-state index contributed by atoms with van der Waals surface area (Å²) in [5, 5.41) is 18.5. The smallest absolute Gasteiger partial charge is 0.335 e. The second-order valence-electron chi connectivity index (χ2n) is 11.1. The second kappa shape index (κ2) is 11.4. The number of nitriles is 1. The van der Waals surface area contributed by atoms with Crippen LogP contribution in [0.4, 0.5) is 10.2 Å². The first kappa shape index (κ1) is 27.5. The molecule has 3 aromatic heterocycles. The Balaban J connectivity index is 1.08. The van der Waals surface area contributed by atoms with Gasteiger partial charge in [0.1, 0.15) is 36.9 Å². The maximum absolute atomic E-state index is 14.3. The molecule has 5 aromatic rings. The van der Waals surface area contributed by atoms with Crippen molar-refractivity contribution < 1.29 is 23.4 Å². The number of nitrogens with zero attached hydrogens (tertiary/aromatic N) is 7. The van der Waals surface area contributed by atoms with E-state index in [4.69, 9.17) is 24.4 Å². The van der Waals surface area contributed by atoms with Crippen LogP contribution < -0.4 is 9.64 Å². The zero-order valence-corrected chi connectivity index (χ0v) is 23.6. The Morgan fingerprint density at radius 1 is 1.09 bits per heavy atom. The fourth-order valence-electron chi connectivity index (χ4n) is 6.28. The van der Waals surface area contributed by atoms with E-state index in [1.165, 1.54) is 12.3 Å². The van der Waals surface area contributed by atoms with Crippen LogP contribution in [0.1, 0.15) is 46.0 Å². The number of benzene rings is 2. The van der Waals surface area contributed by atoms with Crippen LogP contribution in [0.3, 0.4) is 0 Å². The Bertz CT molecular complexity index is 1870. The SMILES string of the molecule is N#Cc1ccc(COc2cccc(N3C4CCC3CN(Cc3nc5ccc(C(=O)O)cc5n3Cc3ncco3)C4)n2)c(F)c1. The molecule has 5 heterocycles. The number of aromatic carboxylic acids is 1. The zero-order chi connectivity index (χ0) is 30.2. The molecule has 11 nitrogen and oxygen atoms in total. The maximum atomic E-state index is 14.3. The highest BCUT2D eigenvalue weighted by molar-refractivity contribution is 5.92. The summed E-state index contributed by atoms with van der Waals surface area (Å²) in [6.45, 7) is 2.56. The third kappa shape index (κ3) is 5.33. The van der Waals surface area contributed by atoms with E-state index in [1.54, 1.807) is 42.6 Å². The number of carboxylic acid groups (broad SMARTS) is 1. The molecule has 12 heteroatoms. The summed E-state index contributed by atoms with van der Waals surface area (Å²) in [4.78, 5) is 30.3. The molecule has 44 heavy (non-hydrogen) atoms. The first-order valence-corrected chi connectivity index (χ1v) is 14.3. The van der Waals surface area contributed by atoms with Gasteiger partial charge in [0.05, 0.1) is 41.0 Å². The number of likely N-dealkylation sites (tertiary alicyclic amines) is 1. The molecule has 2 saturated heterocycles. The summed E-state index contributed by atoms with van der Waals surface area (Å²) in [7, 11) is 0. The van der Waals surface area contributed by atoms with Crippen LogP contribution in [0, 0.1) is 17.1 Å². The number of oxazole rings is 1. The third-order valence-corrected chi connectivity index (χ3v) is 8.31. The topological polar surface area (TPSA) is 134 Å². The van der Waals surface area contributed by atoms with E-state index in [0.717, 1.165) is 48.6 Å². The minimum absolute atomic E-state index is 0.0110. The Labute approximate surface area is 251 Å². The second-order valence-corrected chi connectivity index (χ2v) is 11.1. The standard InChI is InChI=1S/C32H28FN7O4/c33-25-12-20(14-34)4-5-22(25)19-44-30-3-1-2-28(37-30)40-23-7-8-24(40)16-38(15-23)17-29-36-26-9-6-21(32(41)42)13-27(26)39(29)18-31-35-10-11-43-31/h1-6,9-13,23-24H,7-8,15-19H2,(H,41,42). The lowest BCUT2D eigenvalue weighted by atomic mass is 10.1. The maximum Gasteiger partial charge on any atom is 0.335 e. The molecule has 0 aliphatic carbocycles. The van der Waals surface area contributed by atoms with Gasteiger partial charge in [-0.3, -0.25) is 4.90 Å². The predicted molar refractivity (Wildman–Crippen MR) is 157 cm³/mol. The predicted octanol–water partition coefficient (Wildman–Crippen LogP) is 4.61. The highest BCUT2D eigenvalue weighted by Crippen LogP contribution is 2.35. The molecular formula is C32H28FN7O4. The number of pyridine rings is 1. The molecule has 0 radical (unpaired) electrons. The summed E-state index contributed by atoms with van der Waals surface area (Å²) < 4.78 is 27.7. The Hall–Kier alpha value is -5.28. The monoisotopic (exact) mass is 593 g/mol. The highest BCUT2D eigenvalue weighted by atomic mass is 19.1. The van der Waals surface area contributed by atoms with Gasteiger partial charge in [-0.25, -0.2) is 19.2 Å². The first-order chi connectivity index (χ1) is 21.4. The van der Waals surface area contributed by atoms with Crippen LogP contribution in [0.2, 0.25) is 0 Å². The molecule has 2 unspecified atom stereocenters. The summed E-state index contributed by atoms with van der Waals surface area (Å²) >= 11 is 0. The number of carboxylic acids is 1. The van der Waals surface area contributed by atoms with E-state index in [0.29, 0.717) is 30.4 Å². The van der Waals surface area contributed by atoms with Crippen LogP contribution in [-0.2, 0) is 19.7 Å². The Kier molecular flexibility index (Phi) is 7.15. The van der Waals surface area contributed by atoms with E-state index in [9.17, 15) is 14.3 Å². The van der Waals surface area contributed by atoms with Gasteiger partial charge in [0.25, 0.3) is 0 Å². The van der Waals surface area contributed by atoms with Gasteiger partial charge in [-0.05, 0) is 49.2 Å². The van der Waals surface area contributed by atoms with Crippen molar-refractivity contribution in [3.8, 4) is 11.9 Å². The van der Waals surface area contributed by atoms with Gasteiger partial charge in [-0.1, -0.05) is 12.1 Å². The average Bonchev–Trinajstić information content (AvgIpc) is 3.73. The lowest BCUT2D eigenvalue weighted by Gasteiger charge is -2.41. The molecule has 0 spiro atoms. The van der Waals surface area contributed by atoms with Gasteiger partial charge in [-0.15, -0.1) is 0 Å². The highest BCUT2D eigenvalue weighted by Gasteiger charge is 2.41. The lowest BCUT2D eigenvalue weighted by molar-refractivity contribution is 0.0697. The molecule has 2 atom stereocenters. The minimum Gasteiger partial charge on any atom is -0.478 e. The third-order valence-electron chi connectivity index (χ3n) is 8.31. The van der Waals surface area contributed by atoms with Crippen molar-refractivity contribution in [3.63, 3.8) is 0 Å². The van der Waals surface area contributed by atoms with Gasteiger partial charge in [0, 0.05) is 36.8 Å². The number of aromatic nitrogens is 4. The molecule has 222 valence electrons. The molecule has 2 aromatic carbocycles. The summed E-state index contributed by atoms with van der Waals surface area (Å²) in [6, 6.07) is 17.4. The van der Waals surface area contributed by atoms with E-state index in [-0.39, 0.29) is 29.8 Å². The zero-order valence-electron chi connectivity index (χ0n) is 23.6. The van der Waals surface area contributed by atoms with Crippen molar-refractivity contribution in [1.82, 2.24) is 24.4 Å². The van der Waals surface area contributed by atoms with E-state index >= 15 is 0 Å². The van der Waals surface area contributed by atoms with Crippen molar-refractivity contribution in [2.24, 2.45) is 0 Å². The van der Waals surface area contributed by atoms with Crippen molar-refractivity contribution in [3.05, 3.63) is 101 Å². The van der Waals surface area contributed by atoms with Crippen molar-refractivity contribution in [2.45, 2.75) is 44.6 Å². The van der Waals surface area contributed by atoms with Crippen LogP contribution in [0.25, 0.3) is 11.0 Å². The minimum atomic E-state index is -0.991. The number of imidazole rings is 1. The normalized spacial score (nSPS) is 18.0. The van der Waals surface area contributed by atoms with Gasteiger partial charge >= 0.3 is 5.97 Å². The molecule has 1 N–H and O–H groups in total. The first-order valence-electron chi connectivity index (χ1n) is 14.3. The van der Waals surface area contributed by atoms with E-state index in [1.807, 2.05) is 22.8 Å². The van der Waals surface area contributed by atoms with Crippen LogP contribution in [0.5, 0.6) is 5.88 Å². The number of halogens is 1. The number of hydrogen-bond donors (Lipinski definition) is 1. The Morgan fingerprint density at radius 3 is 2.66 bits per heavy atom. The largest absolute Gasteiger partial charge is 0.478 e. The quantitative estimate of drug-likeness (QED) is 0.258. The van der Waals surface area contributed by atoms with Gasteiger partial charge in [0.2, 0.25) is 11.8 Å². The van der Waals surface area contributed by atoms with Gasteiger partial charge < -0.3 is 23.7 Å². The molecule has 2 fully saturated rings. The van der Waals surface area contributed by atoms with Crippen LogP contribution in [-0.4, -0.2) is 60.7 Å². The number of fused-ring (bicyclic) bond motifs is 3.